The Balaban J connectivity index is 2.02. The SMILES string of the molecule is C=C1C[C@@H]2C[C@H]1[C@@H]1CCC[C@H]2C1=O. The Labute approximate surface area is 79.2 Å². The third-order valence-corrected chi connectivity index (χ3v) is 4.42. The molecule has 70 valence electrons. The van der Waals surface area contributed by atoms with Crippen molar-refractivity contribution in [2.75, 3.05) is 0 Å². The second-order valence-corrected chi connectivity index (χ2v) is 5.01. The molecule has 0 aliphatic heterocycles. The van der Waals surface area contributed by atoms with E-state index in [1.165, 1.54) is 24.8 Å². The second kappa shape index (κ2) is 2.46. The Hall–Kier alpha value is -0.590. The van der Waals surface area contributed by atoms with Crippen molar-refractivity contribution in [1.29, 1.82) is 0 Å². The monoisotopic (exact) mass is 176 g/mol. The molecule has 0 spiro atoms. The maximum absolute atomic E-state index is 12.0. The van der Waals surface area contributed by atoms with Gasteiger partial charge in [-0.05, 0) is 37.5 Å². The molecule has 13 heavy (non-hydrogen) atoms. The lowest BCUT2D eigenvalue weighted by atomic mass is 9.65. The Morgan fingerprint density at radius 3 is 2.77 bits per heavy atom. The minimum Gasteiger partial charge on any atom is -0.299 e. The van der Waals surface area contributed by atoms with Gasteiger partial charge in [0.15, 0.2) is 0 Å². The smallest absolute Gasteiger partial charge is 0.139 e. The van der Waals surface area contributed by atoms with E-state index >= 15 is 0 Å². The van der Waals surface area contributed by atoms with Crippen LogP contribution < -0.4 is 0 Å². The van der Waals surface area contributed by atoms with E-state index in [1.807, 2.05) is 0 Å². The van der Waals surface area contributed by atoms with E-state index in [-0.39, 0.29) is 0 Å². The number of Topliss-reactive ketones (excluding diaryl/α,β-unsaturated/α-hetero) is 1. The minimum absolute atomic E-state index is 0.380. The van der Waals surface area contributed by atoms with E-state index < -0.39 is 0 Å². The van der Waals surface area contributed by atoms with Crippen molar-refractivity contribution in [3.8, 4) is 0 Å². The van der Waals surface area contributed by atoms with Gasteiger partial charge in [0.25, 0.3) is 0 Å². The average molecular weight is 176 g/mol. The fraction of sp³-hybridized carbons (Fsp3) is 0.750. The summed E-state index contributed by atoms with van der Waals surface area (Å²) in [5, 5.41) is 0. The highest BCUT2D eigenvalue weighted by Crippen LogP contribution is 2.53. The van der Waals surface area contributed by atoms with Gasteiger partial charge >= 0.3 is 0 Å². The van der Waals surface area contributed by atoms with E-state index in [2.05, 4.69) is 6.58 Å². The van der Waals surface area contributed by atoms with Crippen LogP contribution in [-0.4, -0.2) is 5.78 Å². The first kappa shape index (κ1) is 7.78. The zero-order valence-corrected chi connectivity index (χ0v) is 7.96. The van der Waals surface area contributed by atoms with Crippen molar-refractivity contribution in [3.63, 3.8) is 0 Å². The summed E-state index contributed by atoms with van der Waals surface area (Å²) >= 11 is 0. The van der Waals surface area contributed by atoms with Gasteiger partial charge in [-0.1, -0.05) is 18.6 Å². The minimum atomic E-state index is 0.380. The summed E-state index contributed by atoms with van der Waals surface area (Å²) in [5.74, 6) is 2.65. The predicted molar refractivity (Wildman–Crippen MR) is 51.2 cm³/mol. The molecule has 0 aromatic carbocycles. The van der Waals surface area contributed by atoms with Crippen LogP contribution in [0.4, 0.5) is 0 Å². The highest BCUT2D eigenvalue weighted by molar-refractivity contribution is 5.86. The van der Waals surface area contributed by atoms with E-state index in [4.69, 9.17) is 0 Å². The van der Waals surface area contributed by atoms with Gasteiger partial charge in [-0.3, -0.25) is 4.79 Å². The number of rotatable bonds is 0. The molecule has 0 unspecified atom stereocenters. The molecule has 0 aromatic heterocycles. The van der Waals surface area contributed by atoms with Crippen LogP contribution in [0.1, 0.15) is 32.1 Å². The topological polar surface area (TPSA) is 17.1 Å². The van der Waals surface area contributed by atoms with Crippen molar-refractivity contribution in [3.05, 3.63) is 12.2 Å². The number of carbonyl (C=O) groups excluding carboxylic acids is 1. The molecule has 0 amide bonds. The molecule has 3 fully saturated rings. The third-order valence-electron chi connectivity index (χ3n) is 4.42. The molecule has 0 saturated heterocycles. The molecule has 0 N–H and O–H groups in total. The van der Waals surface area contributed by atoms with Gasteiger partial charge in [0, 0.05) is 11.8 Å². The van der Waals surface area contributed by atoms with Gasteiger partial charge in [-0.15, -0.1) is 0 Å². The number of ketones is 1. The van der Waals surface area contributed by atoms with Crippen LogP contribution in [0.15, 0.2) is 12.2 Å². The summed E-state index contributed by atoms with van der Waals surface area (Å²) in [7, 11) is 0. The van der Waals surface area contributed by atoms with Gasteiger partial charge in [-0.2, -0.15) is 0 Å². The fourth-order valence-corrected chi connectivity index (χ4v) is 3.80. The van der Waals surface area contributed by atoms with Crippen LogP contribution in [0.2, 0.25) is 0 Å². The van der Waals surface area contributed by atoms with Crippen molar-refractivity contribution < 1.29 is 4.79 Å². The summed E-state index contributed by atoms with van der Waals surface area (Å²) in [6.07, 6.45) is 6.02. The van der Waals surface area contributed by atoms with Crippen molar-refractivity contribution in [2.24, 2.45) is 23.7 Å². The van der Waals surface area contributed by atoms with Crippen LogP contribution in [0, 0.1) is 23.7 Å². The highest BCUT2D eigenvalue weighted by Gasteiger charge is 2.50. The number of hydrogen-bond donors (Lipinski definition) is 0. The molecule has 0 radical (unpaired) electrons. The first-order chi connectivity index (χ1) is 6.27. The Kier molecular flexibility index (Phi) is 1.47. The Morgan fingerprint density at radius 1 is 1.15 bits per heavy atom. The van der Waals surface area contributed by atoms with Crippen LogP contribution in [0.5, 0.6) is 0 Å². The van der Waals surface area contributed by atoms with Crippen LogP contribution in [-0.2, 0) is 4.79 Å². The number of hydrogen-bond acceptors (Lipinski definition) is 1. The molecule has 3 aliphatic rings. The lowest BCUT2D eigenvalue weighted by Gasteiger charge is -2.38. The maximum atomic E-state index is 12.0. The van der Waals surface area contributed by atoms with E-state index in [9.17, 15) is 4.79 Å². The lowest BCUT2D eigenvalue weighted by Crippen LogP contribution is -2.39. The molecular weight excluding hydrogens is 160 g/mol. The quantitative estimate of drug-likeness (QED) is 0.518. The molecule has 0 aromatic rings. The van der Waals surface area contributed by atoms with Gasteiger partial charge in [0.1, 0.15) is 5.78 Å². The number of fused-ring (bicyclic) bond motifs is 6. The number of allylic oxidation sites excluding steroid dienone is 1. The first-order valence-corrected chi connectivity index (χ1v) is 5.49. The first-order valence-electron chi connectivity index (χ1n) is 5.49. The van der Waals surface area contributed by atoms with E-state index in [0.29, 0.717) is 29.5 Å². The average Bonchev–Trinajstić information content (AvgIpc) is 2.43. The molecule has 4 bridgehead atoms. The van der Waals surface area contributed by atoms with Crippen molar-refractivity contribution in [2.45, 2.75) is 32.1 Å². The zero-order valence-electron chi connectivity index (χ0n) is 7.96. The molecule has 0 heterocycles. The highest BCUT2D eigenvalue weighted by atomic mass is 16.1. The van der Waals surface area contributed by atoms with Crippen LogP contribution in [0.25, 0.3) is 0 Å². The Morgan fingerprint density at radius 2 is 1.92 bits per heavy atom. The third kappa shape index (κ3) is 0.905. The van der Waals surface area contributed by atoms with Gasteiger partial charge < -0.3 is 0 Å². The summed E-state index contributed by atoms with van der Waals surface area (Å²) in [4.78, 5) is 12.0. The summed E-state index contributed by atoms with van der Waals surface area (Å²) in [5.41, 5.74) is 1.38. The van der Waals surface area contributed by atoms with Crippen molar-refractivity contribution in [1.82, 2.24) is 0 Å². The predicted octanol–water partition coefficient (Wildman–Crippen LogP) is 2.57. The number of carbonyl (C=O) groups is 1. The second-order valence-electron chi connectivity index (χ2n) is 5.01. The Bertz CT molecular complexity index is 279. The summed E-state index contributed by atoms with van der Waals surface area (Å²) in [6.45, 7) is 4.14. The van der Waals surface area contributed by atoms with Crippen LogP contribution in [0.3, 0.4) is 0 Å². The molecular formula is C12H16O. The van der Waals surface area contributed by atoms with Crippen molar-refractivity contribution >= 4 is 5.78 Å². The molecule has 3 aliphatic carbocycles. The molecule has 1 nitrogen and oxygen atoms in total. The standard InChI is InChI=1S/C12H16O/c1-7-5-8-6-11(7)10-4-2-3-9(8)12(10)13/h8-11H,1-6H2/t8-,9-,10+,11-/m1/s1. The molecule has 4 atom stereocenters. The maximum Gasteiger partial charge on any atom is 0.139 e. The largest absolute Gasteiger partial charge is 0.299 e. The lowest BCUT2D eigenvalue weighted by molar-refractivity contribution is -0.135. The summed E-state index contributed by atoms with van der Waals surface area (Å²) < 4.78 is 0. The van der Waals surface area contributed by atoms with Gasteiger partial charge in [0.05, 0.1) is 0 Å². The fourth-order valence-electron chi connectivity index (χ4n) is 3.80. The van der Waals surface area contributed by atoms with E-state index in [0.717, 1.165) is 12.8 Å². The van der Waals surface area contributed by atoms with E-state index in [1.54, 1.807) is 0 Å². The van der Waals surface area contributed by atoms with Gasteiger partial charge in [-0.25, -0.2) is 0 Å². The normalized spacial score (nSPS) is 48.3. The molecule has 1 heteroatoms. The summed E-state index contributed by atoms with van der Waals surface area (Å²) in [6, 6.07) is 0. The van der Waals surface area contributed by atoms with Crippen LogP contribution >= 0.6 is 0 Å². The van der Waals surface area contributed by atoms with Gasteiger partial charge in [0.2, 0.25) is 0 Å². The molecule has 3 rings (SSSR count). The molecule has 3 saturated carbocycles. The zero-order chi connectivity index (χ0) is 9.00.